The smallest absolute Gasteiger partial charge is 0.0690 e. The summed E-state index contributed by atoms with van der Waals surface area (Å²) in [6, 6.07) is 0. The van der Waals surface area contributed by atoms with Crippen LogP contribution in [0.2, 0.25) is 0 Å². The van der Waals surface area contributed by atoms with Gasteiger partial charge in [-0.1, -0.05) is 0 Å². The summed E-state index contributed by atoms with van der Waals surface area (Å²) in [4.78, 5) is 0. The molecule has 3 N–H and O–H groups in total. The van der Waals surface area contributed by atoms with E-state index in [9.17, 15) is 0 Å². The Labute approximate surface area is 74.7 Å². The normalized spacial score (nSPS) is 20.5. The van der Waals surface area contributed by atoms with Gasteiger partial charge in [-0.3, -0.25) is 0 Å². The maximum atomic E-state index is 5.48. The van der Waals surface area contributed by atoms with E-state index in [2.05, 4.69) is 5.32 Å². The Kier molecular flexibility index (Phi) is 3.98. The van der Waals surface area contributed by atoms with Gasteiger partial charge in [0.2, 0.25) is 0 Å². The molecule has 0 heterocycles. The van der Waals surface area contributed by atoms with E-state index < -0.39 is 0 Å². The van der Waals surface area contributed by atoms with Crippen molar-refractivity contribution in [1.82, 2.24) is 5.32 Å². The van der Waals surface area contributed by atoms with Crippen LogP contribution in [-0.4, -0.2) is 32.3 Å². The van der Waals surface area contributed by atoms with E-state index in [0.717, 1.165) is 26.1 Å². The third kappa shape index (κ3) is 2.44. The third-order valence-electron chi connectivity index (χ3n) is 2.78. The van der Waals surface area contributed by atoms with Crippen LogP contribution in [0.3, 0.4) is 0 Å². The molecule has 0 aromatic carbocycles. The first-order valence-electron chi connectivity index (χ1n) is 4.79. The summed E-state index contributed by atoms with van der Waals surface area (Å²) < 4.78 is 5.48. The Balaban J connectivity index is 2.04. The molecule has 0 atom stereocenters. The monoisotopic (exact) mass is 172 g/mol. The summed E-state index contributed by atoms with van der Waals surface area (Å²) in [5, 5.41) is 3.29. The summed E-state index contributed by atoms with van der Waals surface area (Å²) in [7, 11) is 1.82. The Bertz CT molecular complexity index is 118. The molecule has 0 spiro atoms. The zero-order chi connectivity index (χ0) is 8.86. The maximum Gasteiger partial charge on any atom is 0.0690 e. The molecule has 1 aliphatic rings. The predicted octanol–water partition coefficient (Wildman–Crippen LogP) is 0.494. The topological polar surface area (TPSA) is 47.3 Å². The summed E-state index contributed by atoms with van der Waals surface area (Å²) in [5.41, 5.74) is 5.57. The van der Waals surface area contributed by atoms with Crippen molar-refractivity contribution in [1.29, 1.82) is 0 Å². The van der Waals surface area contributed by atoms with Gasteiger partial charge in [-0.15, -0.1) is 0 Å². The van der Waals surface area contributed by atoms with Gasteiger partial charge in [-0.25, -0.2) is 0 Å². The van der Waals surface area contributed by atoms with E-state index in [-0.39, 0.29) is 5.60 Å². The van der Waals surface area contributed by atoms with E-state index in [1.54, 1.807) is 0 Å². The van der Waals surface area contributed by atoms with Crippen molar-refractivity contribution < 1.29 is 4.74 Å². The summed E-state index contributed by atoms with van der Waals surface area (Å²) in [5.74, 6) is 0. The molecule has 0 aromatic heterocycles. The molecule has 1 fully saturated rings. The van der Waals surface area contributed by atoms with Crippen LogP contribution in [0.5, 0.6) is 0 Å². The number of ether oxygens (including phenoxy) is 1. The van der Waals surface area contributed by atoms with E-state index in [0.29, 0.717) is 0 Å². The van der Waals surface area contributed by atoms with Crippen LogP contribution in [-0.2, 0) is 4.74 Å². The van der Waals surface area contributed by atoms with Crippen LogP contribution < -0.4 is 11.1 Å². The van der Waals surface area contributed by atoms with E-state index in [4.69, 9.17) is 10.5 Å². The lowest BCUT2D eigenvalue weighted by atomic mass is 9.77. The van der Waals surface area contributed by atoms with Crippen LogP contribution >= 0.6 is 0 Å². The zero-order valence-corrected chi connectivity index (χ0v) is 7.94. The molecule has 3 heteroatoms. The molecule has 1 aliphatic carbocycles. The van der Waals surface area contributed by atoms with Crippen molar-refractivity contribution in [2.45, 2.75) is 31.3 Å². The van der Waals surface area contributed by atoms with E-state index in [1.807, 2.05) is 7.11 Å². The average molecular weight is 172 g/mol. The Morgan fingerprint density at radius 3 is 2.58 bits per heavy atom. The molecular formula is C9H20N2O. The van der Waals surface area contributed by atoms with Gasteiger partial charge in [-0.05, 0) is 32.2 Å². The molecule has 0 bridgehead atoms. The lowest BCUT2D eigenvalue weighted by molar-refractivity contribution is -0.0767. The lowest BCUT2D eigenvalue weighted by Crippen LogP contribution is -2.42. The molecule has 0 aliphatic heterocycles. The van der Waals surface area contributed by atoms with Crippen LogP contribution in [0.15, 0.2) is 0 Å². The van der Waals surface area contributed by atoms with Crippen molar-refractivity contribution >= 4 is 0 Å². The molecule has 3 nitrogen and oxygen atoms in total. The van der Waals surface area contributed by atoms with Crippen LogP contribution in [0.1, 0.15) is 25.7 Å². The second-order valence-electron chi connectivity index (χ2n) is 3.53. The molecule has 0 saturated heterocycles. The highest BCUT2D eigenvalue weighted by molar-refractivity contribution is 4.89. The minimum absolute atomic E-state index is 0.210. The average Bonchev–Trinajstić information content (AvgIpc) is 2.02. The van der Waals surface area contributed by atoms with Crippen molar-refractivity contribution in [3.05, 3.63) is 0 Å². The highest BCUT2D eigenvalue weighted by Crippen LogP contribution is 2.37. The van der Waals surface area contributed by atoms with E-state index >= 15 is 0 Å². The maximum absolute atomic E-state index is 5.48. The summed E-state index contributed by atoms with van der Waals surface area (Å²) in [6.45, 7) is 2.67. The summed E-state index contributed by atoms with van der Waals surface area (Å²) >= 11 is 0. The van der Waals surface area contributed by atoms with Crippen LogP contribution in [0, 0.1) is 0 Å². The fourth-order valence-corrected chi connectivity index (χ4v) is 1.67. The number of methoxy groups -OCH3 is 1. The molecule has 1 saturated carbocycles. The van der Waals surface area contributed by atoms with Crippen molar-refractivity contribution in [3.63, 3.8) is 0 Å². The van der Waals surface area contributed by atoms with Crippen LogP contribution in [0.25, 0.3) is 0 Å². The van der Waals surface area contributed by atoms with Crippen LogP contribution in [0.4, 0.5) is 0 Å². The molecule has 1 rings (SSSR count). The molecule has 0 amide bonds. The largest absolute Gasteiger partial charge is 0.378 e. The quantitative estimate of drug-likeness (QED) is 0.573. The van der Waals surface area contributed by atoms with Gasteiger partial charge in [0, 0.05) is 20.2 Å². The highest BCUT2D eigenvalue weighted by atomic mass is 16.5. The van der Waals surface area contributed by atoms with Gasteiger partial charge in [0.05, 0.1) is 5.60 Å². The summed E-state index contributed by atoms with van der Waals surface area (Å²) in [6.07, 6.45) is 4.91. The SMILES string of the molecule is COC1(CCNCCN)CCC1. The molecular weight excluding hydrogens is 152 g/mol. The number of rotatable bonds is 6. The third-order valence-corrected chi connectivity index (χ3v) is 2.78. The standard InChI is InChI=1S/C9H20N2O/c1-12-9(3-2-4-9)5-7-11-8-6-10/h11H,2-8,10H2,1H3. The first-order valence-corrected chi connectivity index (χ1v) is 4.79. The number of nitrogens with two attached hydrogens (primary N) is 1. The highest BCUT2D eigenvalue weighted by Gasteiger charge is 2.35. The van der Waals surface area contributed by atoms with Gasteiger partial charge in [0.25, 0.3) is 0 Å². The second kappa shape index (κ2) is 4.80. The van der Waals surface area contributed by atoms with Gasteiger partial charge in [0.1, 0.15) is 0 Å². The lowest BCUT2D eigenvalue weighted by Gasteiger charge is -2.40. The Morgan fingerprint density at radius 2 is 2.17 bits per heavy atom. The molecule has 0 aromatic rings. The van der Waals surface area contributed by atoms with Gasteiger partial charge >= 0.3 is 0 Å². The first-order chi connectivity index (χ1) is 5.83. The van der Waals surface area contributed by atoms with E-state index in [1.165, 1.54) is 19.3 Å². The zero-order valence-electron chi connectivity index (χ0n) is 7.94. The molecule has 0 unspecified atom stereocenters. The van der Waals surface area contributed by atoms with Gasteiger partial charge < -0.3 is 15.8 Å². The minimum atomic E-state index is 0.210. The second-order valence-corrected chi connectivity index (χ2v) is 3.53. The Hall–Kier alpha value is -0.120. The van der Waals surface area contributed by atoms with Crippen molar-refractivity contribution in [3.8, 4) is 0 Å². The molecule has 72 valence electrons. The fraction of sp³-hybridized carbons (Fsp3) is 1.00. The number of hydrogen-bond acceptors (Lipinski definition) is 3. The molecule has 0 radical (unpaired) electrons. The van der Waals surface area contributed by atoms with Gasteiger partial charge in [0.15, 0.2) is 0 Å². The Morgan fingerprint density at radius 1 is 1.42 bits per heavy atom. The first kappa shape index (κ1) is 9.96. The minimum Gasteiger partial charge on any atom is -0.378 e. The number of nitrogens with one attached hydrogen (secondary N) is 1. The number of hydrogen-bond donors (Lipinski definition) is 2. The van der Waals surface area contributed by atoms with Crippen molar-refractivity contribution in [2.24, 2.45) is 5.73 Å². The molecule has 12 heavy (non-hydrogen) atoms. The predicted molar refractivity (Wildman–Crippen MR) is 50.1 cm³/mol. The van der Waals surface area contributed by atoms with Crippen molar-refractivity contribution in [2.75, 3.05) is 26.7 Å². The fourth-order valence-electron chi connectivity index (χ4n) is 1.67. The van der Waals surface area contributed by atoms with Gasteiger partial charge in [-0.2, -0.15) is 0 Å².